The lowest BCUT2D eigenvalue weighted by atomic mass is 10.0. The van der Waals surface area contributed by atoms with Crippen molar-refractivity contribution >= 4 is 21.8 Å². The third-order valence-electron chi connectivity index (χ3n) is 2.78. The predicted molar refractivity (Wildman–Crippen MR) is 72.3 cm³/mol. The Hall–Kier alpha value is -1.07. The highest BCUT2D eigenvalue weighted by atomic mass is 79.9. The molecule has 2 rings (SSSR count). The first kappa shape index (κ1) is 13.4. The number of carbonyl (C=O) groups excluding carboxylic acids is 1. The van der Waals surface area contributed by atoms with Crippen LogP contribution in [0.15, 0.2) is 24.3 Å². The van der Waals surface area contributed by atoms with Gasteiger partial charge in [-0.15, -0.1) is 0 Å². The number of amides is 1. The Morgan fingerprint density at radius 3 is 3.11 bits per heavy atom. The molecule has 18 heavy (non-hydrogen) atoms. The van der Waals surface area contributed by atoms with Crippen molar-refractivity contribution in [1.82, 2.24) is 5.32 Å². The van der Waals surface area contributed by atoms with Crippen LogP contribution in [-0.4, -0.2) is 37.6 Å². The van der Waals surface area contributed by atoms with E-state index in [0.29, 0.717) is 26.4 Å². The van der Waals surface area contributed by atoms with Crippen molar-refractivity contribution in [2.45, 2.75) is 5.92 Å². The van der Waals surface area contributed by atoms with E-state index in [0.717, 1.165) is 16.6 Å². The van der Waals surface area contributed by atoms with E-state index in [4.69, 9.17) is 9.47 Å². The van der Waals surface area contributed by atoms with Crippen molar-refractivity contribution in [2.75, 3.05) is 31.7 Å². The number of halogens is 1. The number of fused-ring (bicyclic) bond motifs is 1. The van der Waals surface area contributed by atoms with Gasteiger partial charge in [0.1, 0.15) is 18.3 Å². The van der Waals surface area contributed by atoms with Gasteiger partial charge in [-0.05, 0) is 6.07 Å². The molecule has 1 heterocycles. The third-order valence-corrected chi connectivity index (χ3v) is 3.11. The topological polar surface area (TPSA) is 47.6 Å². The fourth-order valence-electron chi connectivity index (χ4n) is 1.91. The lowest BCUT2D eigenvalue weighted by Gasteiger charge is -2.10. The zero-order valence-electron chi connectivity index (χ0n) is 10.0. The summed E-state index contributed by atoms with van der Waals surface area (Å²) in [6, 6.07) is 7.66. The minimum absolute atomic E-state index is 0.00222. The molecular formula is C13H16BrNO3. The van der Waals surface area contributed by atoms with E-state index in [1.54, 1.807) is 0 Å². The van der Waals surface area contributed by atoms with Crippen molar-refractivity contribution in [3.05, 3.63) is 29.8 Å². The van der Waals surface area contributed by atoms with Crippen molar-refractivity contribution in [3.63, 3.8) is 0 Å². The van der Waals surface area contributed by atoms with Crippen molar-refractivity contribution in [3.8, 4) is 5.75 Å². The number of nitrogens with one attached hydrogen (secondary N) is 1. The molecule has 1 atom stereocenters. The highest BCUT2D eigenvalue weighted by Gasteiger charge is 2.29. The van der Waals surface area contributed by atoms with Gasteiger partial charge in [-0.3, -0.25) is 4.79 Å². The Morgan fingerprint density at radius 2 is 2.28 bits per heavy atom. The Labute approximate surface area is 115 Å². The maximum atomic E-state index is 12.0. The zero-order chi connectivity index (χ0) is 12.8. The molecule has 4 nitrogen and oxygen atoms in total. The lowest BCUT2D eigenvalue weighted by molar-refractivity contribution is -0.123. The second kappa shape index (κ2) is 6.75. The van der Waals surface area contributed by atoms with Gasteiger partial charge in [0.15, 0.2) is 0 Å². The molecule has 98 valence electrons. The quantitative estimate of drug-likeness (QED) is 0.642. The SMILES string of the molecule is O=C(NCCOCCBr)C1COc2ccccc21. The average molecular weight is 314 g/mol. The summed E-state index contributed by atoms with van der Waals surface area (Å²) < 4.78 is 10.8. The Balaban J connectivity index is 1.80. The van der Waals surface area contributed by atoms with Crippen molar-refractivity contribution in [1.29, 1.82) is 0 Å². The molecule has 0 aliphatic carbocycles. The molecule has 0 saturated heterocycles. The molecule has 0 bridgehead atoms. The lowest BCUT2D eigenvalue weighted by Crippen LogP contribution is -2.32. The van der Waals surface area contributed by atoms with Gasteiger partial charge in [0.25, 0.3) is 0 Å². The molecule has 0 fully saturated rings. The second-order valence-electron chi connectivity index (χ2n) is 3.99. The molecule has 1 aromatic rings. The summed E-state index contributed by atoms with van der Waals surface area (Å²) in [6.07, 6.45) is 0. The summed E-state index contributed by atoms with van der Waals surface area (Å²) in [6.45, 7) is 2.15. The zero-order valence-corrected chi connectivity index (χ0v) is 11.6. The van der Waals surface area contributed by atoms with Gasteiger partial charge >= 0.3 is 0 Å². The van der Waals surface area contributed by atoms with Gasteiger partial charge in [0, 0.05) is 17.4 Å². The van der Waals surface area contributed by atoms with Crippen LogP contribution in [0.5, 0.6) is 5.75 Å². The molecule has 5 heteroatoms. The summed E-state index contributed by atoms with van der Waals surface area (Å²) in [5.74, 6) is 0.618. The van der Waals surface area contributed by atoms with E-state index in [9.17, 15) is 4.79 Å². The highest BCUT2D eigenvalue weighted by Crippen LogP contribution is 2.33. The van der Waals surface area contributed by atoms with Crippen LogP contribution in [-0.2, 0) is 9.53 Å². The number of ether oxygens (including phenoxy) is 2. The molecule has 1 amide bonds. The van der Waals surface area contributed by atoms with Gasteiger partial charge in [-0.1, -0.05) is 34.1 Å². The minimum atomic E-state index is -0.197. The van der Waals surface area contributed by atoms with E-state index in [1.165, 1.54) is 0 Å². The standard InChI is InChI=1S/C13H16BrNO3/c14-5-7-17-8-6-15-13(16)11-9-18-12-4-2-1-3-10(11)12/h1-4,11H,5-9H2,(H,15,16). The molecular weight excluding hydrogens is 298 g/mol. The van der Waals surface area contributed by atoms with Crippen molar-refractivity contribution < 1.29 is 14.3 Å². The van der Waals surface area contributed by atoms with E-state index < -0.39 is 0 Å². The highest BCUT2D eigenvalue weighted by molar-refractivity contribution is 9.09. The number of carbonyl (C=O) groups is 1. The van der Waals surface area contributed by atoms with Crippen LogP contribution < -0.4 is 10.1 Å². The molecule has 0 radical (unpaired) electrons. The Morgan fingerprint density at radius 1 is 1.44 bits per heavy atom. The fourth-order valence-corrected chi connectivity index (χ4v) is 2.13. The summed E-state index contributed by atoms with van der Waals surface area (Å²) in [4.78, 5) is 12.0. The predicted octanol–water partition coefficient (Wildman–Crippen LogP) is 1.69. The van der Waals surface area contributed by atoms with Gasteiger partial charge in [0.05, 0.1) is 13.2 Å². The van der Waals surface area contributed by atoms with Gasteiger partial charge in [-0.25, -0.2) is 0 Å². The molecule has 1 unspecified atom stereocenters. The molecule has 1 N–H and O–H groups in total. The Kier molecular flexibility index (Phi) is 5.01. The van der Waals surface area contributed by atoms with E-state index >= 15 is 0 Å². The van der Waals surface area contributed by atoms with Crippen LogP contribution in [0.1, 0.15) is 11.5 Å². The monoisotopic (exact) mass is 313 g/mol. The van der Waals surface area contributed by atoms with Crippen LogP contribution in [0.2, 0.25) is 0 Å². The van der Waals surface area contributed by atoms with Crippen LogP contribution in [0.4, 0.5) is 0 Å². The molecule has 1 aliphatic rings. The van der Waals surface area contributed by atoms with Crippen LogP contribution in [0, 0.1) is 0 Å². The first-order chi connectivity index (χ1) is 8.83. The summed E-state index contributed by atoms with van der Waals surface area (Å²) in [7, 11) is 0. The number of para-hydroxylation sites is 1. The number of alkyl halides is 1. The number of hydrogen-bond donors (Lipinski definition) is 1. The van der Waals surface area contributed by atoms with Gasteiger partial charge in [0.2, 0.25) is 5.91 Å². The summed E-state index contributed by atoms with van der Waals surface area (Å²) in [5, 5.41) is 3.68. The number of rotatable bonds is 6. The first-order valence-corrected chi connectivity index (χ1v) is 7.08. The molecule has 0 saturated carbocycles. The average Bonchev–Trinajstić information content (AvgIpc) is 2.82. The fraction of sp³-hybridized carbons (Fsp3) is 0.462. The number of benzene rings is 1. The van der Waals surface area contributed by atoms with Crippen LogP contribution in [0.3, 0.4) is 0 Å². The molecule has 0 aromatic heterocycles. The summed E-state index contributed by atoms with van der Waals surface area (Å²) in [5.41, 5.74) is 0.969. The normalized spacial score (nSPS) is 17.1. The maximum Gasteiger partial charge on any atom is 0.231 e. The minimum Gasteiger partial charge on any atom is -0.492 e. The summed E-state index contributed by atoms with van der Waals surface area (Å²) >= 11 is 3.27. The Bertz CT molecular complexity index is 411. The maximum absolute atomic E-state index is 12.0. The van der Waals surface area contributed by atoms with Gasteiger partial charge in [-0.2, -0.15) is 0 Å². The molecule has 1 aliphatic heterocycles. The van der Waals surface area contributed by atoms with Crippen LogP contribution >= 0.6 is 15.9 Å². The first-order valence-electron chi connectivity index (χ1n) is 5.96. The molecule has 1 aromatic carbocycles. The van der Waals surface area contributed by atoms with E-state index in [2.05, 4.69) is 21.2 Å². The largest absolute Gasteiger partial charge is 0.492 e. The second-order valence-corrected chi connectivity index (χ2v) is 4.79. The van der Waals surface area contributed by atoms with Gasteiger partial charge < -0.3 is 14.8 Å². The number of hydrogen-bond acceptors (Lipinski definition) is 3. The smallest absolute Gasteiger partial charge is 0.231 e. The van der Waals surface area contributed by atoms with E-state index in [-0.39, 0.29) is 11.8 Å². The molecule has 0 spiro atoms. The van der Waals surface area contributed by atoms with E-state index in [1.807, 2.05) is 24.3 Å². The van der Waals surface area contributed by atoms with Crippen molar-refractivity contribution in [2.24, 2.45) is 0 Å². The third kappa shape index (κ3) is 3.23. The van der Waals surface area contributed by atoms with Crippen LogP contribution in [0.25, 0.3) is 0 Å².